The Labute approximate surface area is 120 Å². The Bertz CT molecular complexity index is 556. The van der Waals surface area contributed by atoms with Crippen molar-refractivity contribution in [2.24, 2.45) is 11.1 Å². The van der Waals surface area contributed by atoms with Gasteiger partial charge >= 0.3 is 0 Å². The number of hydrogen-bond donors (Lipinski definition) is 1. The number of nitrogens with two attached hydrogens (primary N) is 1. The Morgan fingerprint density at radius 1 is 1.33 bits per heavy atom. The monoisotopic (exact) mass is 380 g/mol. The van der Waals surface area contributed by atoms with Crippen LogP contribution in [0.1, 0.15) is 6.42 Å². The van der Waals surface area contributed by atoms with E-state index in [1.165, 1.54) is 0 Å². The molecule has 0 aromatic heterocycles. The molecule has 1 saturated heterocycles. The van der Waals surface area contributed by atoms with Crippen molar-refractivity contribution in [3.8, 4) is 0 Å². The Morgan fingerprint density at radius 3 is 2.50 bits per heavy atom. The highest BCUT2D eigenvalue weighted by Crippen LogP contribution is 2.26. The zero-order valence-electron chi connectivity index (χ0n) is 9.54. The SMILES string of the molecule is NS(=O)(=O)CC1CC(=O)N(c2ccc(I)cc2)C1. The number of amides is 1. The van der Waals surface area contributed by atoms with Gasteiger partial charge < -0.3 is 4.90 Å². The van der Waals surface area contributed by atoms with Gasteiger partial charge in [-0.3, -0.25) is 4.79 Å². The molecular formula is C11H13IN2O3S. The van der Waals surface area contributed by atoms with Crippen molar-refractivity contribution in [2.75, 3.05) is 17.2 Å². The first kappa shape index (κ1) is 13.8. The standard InChI is InChI=1S/C11H13IN2O3S/c12-9-1-3-10(4-2-9)14-6-8(5-11(14)15)7-18(13,16)17/h1-4,8H,5-7H2,(H2,13,16,17). The minimum absolute atomic E-state index is 0.0511. The highest BCUT2D eigenvalue weighted by molar-refractivity contribution is 14.1. The van der Waals surface area contributed by atoms with Gasteiger partial charge in [-0.25, -0.2) is 13.6 Å². The lowest BCUT2D eigenvalue weighted by Crippen LogP contribution is -2.27. The number of primary sulfonamides is 1. The molecule has 1 aromatic rings. The number of anilines is 1. The lowest BCUT2D eigenvalue weighted by molar-refractivity contribution is -0.117. The van der Waals surface area contributed by atoms with Crippen LogP contribution in [-0.4, -0.2) is 26.6 Å². The third-order valence-electron chi connectivity index (χ3n) is 2.81. The summed E-state index contributed by atoms with van der Waals surface area (Å²) >= 11 is 2.19. The van der Waals surface area contributed by atoms with E-state index < -0.39 is 10.0 Å². The molecule has 5 nitrogen and oxygen atoms in total. The maximum absolute atomic E-state index is 11.8. The first-order valence-corrected chi connectivity index (χ1v) is 8.21. The van der Waals surface area contributed by atoms with Gasteiger partial charge in [-0.05, 0) is 46.9 Å². The third-order valence-corrected chi connectivity index (χ3v) is 4.47. The third kappa shape index (κ3) is 3.42. The highest BCUT2D eigenvalue weighted by Gasteiger charge is 2.32. The average molecular weight is 380 g/mol. The lowest BCUT2D eigenvalue weighted by Gasteiger charge is -2.16. The smallest absolute Gasteiger partial charge is 0.227 e. The number of rotatable bonds is 3. The van der Waals surface area contributed by atoms with Gasteiger partial charge in [0.25, 0.3) is 0 Å². The van der Waals surface area contributed by atoms with Crippen LogP contribution in [0.15, 0.2) is 24.3 Å². The molecule has 0 bridgehead atoms. The van der Waals surface area contributed by atoms with Crippen LogP contribution in [0.2, 0.25) is 0 Å². The number of nitrogens with zero attached hydrogens (tertiary/aromatic N) is 1. The molecule has 1 aromatic carbocycles. The van der Waals surface area contributed by atoms with E-state index >= 15 is 0 Å². The summed E-state index contributed by atoms with van der Waals surface area (Å²) in [6.45, 7) is 0.413. The predicted molar refractivity (Wildman–Crippen MR) is 77.6 cm³/mol. The van der Waals surface area contributed by atoms with E-state index in [1.807, 2.05) is 24.3 Å². The average Bonchev–Trinajstić information content (AvgIpc) is 2.58. The second-order valence-corrected chi connectivity index (χ2v) is 7.29. The molecule has 18 heavy (non-hydrogen) atoms. The van der Waals surface area contributed by atoms with Crippen LogP contribution in [0.4, 0.5) is 5.69 Å². The van der Waals surface area contributed by atoms with Gasteiger partial charge in [0, 0.05) is 28.1 Å². The van der Waals surface area contributed by atoms with Crippen molar-refractivity contribution in [2.45, 2.75) is 6.42 Å². The number of carbonyl (C=O) groups is 1. The summed E-state index contributed by atoms with van der Waals surface area (Å²) in [7, 11) is -3.52. The van der Waals surface area contributed by atoms with Gasteiger partial charge in [-0.1, -0.05) is 0 Å². The van der Waals surface area contributed by atoms with Crippen molar-refractivity contribution in [1.82, 2.24) is 0 Å². The van der Waals surface area contributed by atoms with Crippen LogP contribution in [-0.2, 0) is 14.8 Å². The first-order chi connectivity index (χ1) is 8.35. The van der Waals surface area contributed by atoms with Gasteiger partial charge in [-0.15, -0.1) is 0 Å². The van der Waals surface area contributed by atoms with E-state index in [9.17, 15) is 13.2 Å². The molecular weight excluding hydrogens is 367 g/mol. The number of carbonyl (C=O) groups excluding carboxylic acids is 1. The molecule has 7 heteroatoms. The molecule has 1 heterocycles. The maximum Gasteiger partial charge on any atom is 0.227 e. The Balaban J connectivity index is 2.12. The molecule has 1 fully saturated rings. The summed E-state index contributed by atoms with van der Waals surface area (Å²) in [6, 6.07) is 7.55. The van der Waals surface area contributed by atoms with Crippen LogP contribution in [0, 0.1) is 9.49 Å². The molecule has 1 aliphatic rings. The molecule has 0 saturated carbocycles. The van der Waals surface area contributed by atoms with Crippen LogP contribution in [0.25, 0.3) is 0 Å². The molecule has 1 amide bonds. The molecule has 0 aliphatic carbocycles. The summed E-state index contributed by atoms with van der Waals surface area (Å²) in [5, 5.41) is 5.01. The number of sulfonamides is 1. The second-order valence-electron chi connectivity index (χ2n) is 4.38. The topological polar surface area (TPSA) is 80.5 Å². The fourth-order valence-corrected chi connectivity index (χ4v) is 3.33. The molecule has 0 spiro atoms. The fourth-order valence-electron chi connectivity index (χ4n) is 2.09. The van der Waals surface area contributed by atoms with Gasteiger partial charge in [0.2, 0.25) is 15.9 Å². The Morgan fingerprint density at radius 2 is 1.94 bits per heavy atom. The molecule has 1 unspecified atom stereocenters. The van der Waals surface area contributed by atoms with E-state index in [-0.39, 0.29) is 24.0 Å². The lowest BCUT2D eigenvalue weighted by atomic mass is 10.1. The highest BCUT2D eigenvalue weighted by atomic mass is 127. The van der Waals surface area contributed by atoms with E-state index in [0.29, 0.717) is 6.54 Å². The maximum atomic E-state index is 11.8. The second kappa shape index (κ2) is 5.14. The first-order valence-electron chi connectivity index (χ1n) is 5.41. The summed E-state index contributed by atoms with van der Waals surface area (Å²) in [6.07, 6.45) is 0.239. The van der Waals surface area contributed by atoms with Crippen LogP contribution >= 0.6 is 22.6 Å². The summed E-state index contributed by atoms with van der Waals surface area (Å²) in [5.41, 5.74) is 0.803. The van der Waals surface area contributed by atoms with Crippen molar-refractivity contribution < 1.29 is 13.2 Å². The van der Waals surface area contributed by atoms with Crippen molar-refractivity contribution in [1.29, 1.82) is 0 Å². The molecule has 2 N–H and O–H groups in total. The molecule has 1 aliphatic heterocycles. The van der Waals surface area contributed by atoms with Gasteiger partial charge in [0.05, 0.1) is 5.75 Å². The van der Waals surface area contributed by atoms with Crippen LogP contribution < -0.4 is 10.0 Å². The number of hydrogen-bond acceptors (Lipinski definition) is 3. The summed E-state index contributed by atoms with van der Waals surface area (Å²) in [5.74, 6) is -0.406. The molecule has 2 rings (SSSR count). The summed E-state index contributed by atoms with van der Waals surface area (Å²) < 4.78 is 23.1. The molecule has 98 valence electrons. The van der Waals surface area contributed by atoms with Crippen molar-refractivity contribution >= 4 is 44.2 Å². The largest absolute Gasteiger partial charge is 0.312 e. The van der Waals surface area contributed by atoms with E-state index in [4.69, 9.17) is 5.14 Å². The van der Waals surface area contributed by atoms with E-state index in [2.05, 4.69) is 22.6 Å². The molecule has 0 radical (unpaired) electrons. The minimum atomic E-state index is -3.52. The fraction of sp³-hybridized carbons (Fsp3) is 0.364. The number of halogens is 1. The zero-order chi connectivity index (χ0) is 13.3. The summed E-state index contributed by atoms with van der Waals surface area (Å²) in [4.78, 5) is 13.5. The predicted octanol–water partition coefficient (Wildman–Crippen LogP) is 0.933. The van der Waals surface area contributed by atoms with Gasteiger partial charge in [0.15, 0.2) is 0 Å². The van der Waals surface area contributed by atoms with Gasteiger partial charge in [-0.2, -0.15) is 0 Å². The van der Waals surface area contributed by atoms with Crippen molar-refractivity contribution in [3.63, 3.8) is 0 Å². The number of benzene rings is 1. The Kier molecular flexibility index (Phi) is 3.93. The van der Waals surface area contributed by atoms with Crippen molar-refractivity contribution in [3.05, 3.63) is 27.8 Å². The van der Waals surface area contributed by atoms with Gasteiger partial charge in [0.1, 0.15) is 0 Å². The van der Waals surface area contributed by atoms with Crippen LogP contribution in [0.5, 0.6) is 0 Å². The Hall–Kier alpha value is -0.670. The van der Waals surface area contributed by atoms with E-state index in [0.717, 1.165) is 9.26 Å². The zero-order valence-corrected chi connectivity index (χ0v) is 12.5. The normalized spacial score (nSPS) is 20.4. The molecule has 1 atom stereocenters. The van der Waals surface area contributed by atoms with Crippen LogP contribution in [0.3, 0.4) is 0 Å². The quantitative estimate of drug-likeness (QED) is 0.793. The minimum Gasteiger partial charge on any atom is -0.312 e. The van der Waals surface area contributed by atoms with E-state index in [1.54, 1.807) is 4.90 Å².